The molecular weight excluding hydrogens is 463 g/mol. The normalized spacial score (nSPS) is 16.8. The van der Waals surface area contributed by atoms with Gasteiger partial charge < -0.3 is 30.4 Å². The van der Waals surface area contributed by atoms with Crippen LogP contribution < -0.4 is 16.0 Å². The Balaban J connectivity index is 1.74. The second-order valence-corrected chi connectivity index (χ2v) is 9.12. The van der Waals surface area contributed by atoms with E-state index in [0.717, 1.165) is 5.56 Å². The highest BCUT2D eigenvalue weighted by Gasteiger charge is 2.38. The summed E-state index contributed by atoms with van der Waals surface area (Å²) >= 11 is 0. The highest BCUT2D eigenvalue weighted by Crippen LogP contribution is 2.17. The van der Waals surface area contributed by atoms with E-state index in [1.54, 1.807) is 12.1 Å². The molecule has 0 bridgehead atoms. The van der Waals surface area contributed by atoms with E-state index in [0.29, 0.717) is 25.3 Å². The Labute approximate surface area is 211 Å². The number of hydrogen-bond acceptors (Lipinski definition) is 8. The second-order valence-electron chi connectivity index (χ2n) is 9.12. The quantitative estimate of drug-likeness (QED) is 0.377. The van der Waals surface area contributed by atoms with E-state index in [1.165, 1.54) is 13.0 Å². The Morgan fingerprint density at radius 1 is 1.11 bits per heavy atom. The molecular formula is C25H33BN4O6. The Hall–Kier alpha value is -3.28. The zero-order chi connectivity index (χ0) is 26.1. The number of aliphatic hydroxyl groups excluding tert-OH is 1. The van der Waals surface area contributed by atoms with Crippen LogP contribution in [-0.2, 0) is 18.9 Å². The minimum atomic E-state index is -1.26. The van der Waals surface area contributed by atoms with Gasteiger partial charge in [-0.25, -0.2) is 4.98 Å². The van der Waals surface area contributed by atoms with Crippen LogP contribution in [0.25, 0.3) is 11.3 Å². The van der Waals surface area contributed by atoms with Gasteiger partial charge in [0.1, 0.15) is 11.7 Å². The summed E-state index contributed by atoms with van der Waals surface area (Å²) in [7, 11) is -0.986. The van der Waals surface area contributed by atoms with Crippen molar-refractivity contribution >= 4 is 24.9 Å². The molecule has 10 nitrogen and oxygen atoms in total. The van der Waals surface area contributed by atoms with Gasteiger partial charge >= 0.3 is 13.1 Å². The maximum atomic E-state index is 13.2. The summed E-state index contributed by atoms with van der Waals surface area (Å²) in [6.45, 7) is 6.14. The third-order valence-corrected chi connectivity index (χ3v) is 5.56. The first-order valence-corrected chi connectivity index (χ1v) is 12.1. The van der Waals surface area contributed by atoms with Gasteiger partial charge in [-0.05, 0) is 31.4 Å². The van der Waals surface area contributed by atoms with Crippen LogP contribution in [0.2, 0.25) is 0 Å². The molecule has 4 N–H and O–H groups in total. The minimum Gasteiger partial charge on any atom is -0.507 e. The Bertz CT molecular complexity index is 1040. The molecule has 1 saturated heterocycles. The number of aromatic nitrogens is 1. The van der Waals surface area contributed by atoms with Crippen LogP contribution in [-0.4, -0.2) is 72.8 Å². The third kappa shape index (κ3) is 7.87. The van der Waals surface area contributed by atoms with E-state index in [2.05, 4.69) is 20.9 Å². The van der Waals surface area contributed by atoms with E-state index >= 15 is 0 Å². The van der Waals surface area contributed by atoms with Crippen LogP contribution >= 0.6 is 0 Å². The molecule has 1 aliphatic rings. The molecule has 0 saturated carbocycles. The van der Waals surface area contributed by atoms with E-state index in [4.69, 9.17) is 9.31 Å². The van der Waals surface area contributed by atoms with Gasteiger partial charge in [0.25, 0.3) is 5.91 Å². The molecule has 192 valence electrons. The van der Waals surface area contributed by atoms with Crippen LogP contribution in [0.5, 0.6) is 0 Å². The van der Waals surface area contributed by atoms with E-state index in [-0.39, 0.29) is 18.2 Å². The number of nitrogens with one attached hydrogen (secondary N) is 3. The molecule has 11 heteroatoms. The summed E-state index contributed by atoms with van der Waals surface area (Å²) in [6.07, 6.45) is -0.742. The van der Waals surface area contributed by atoms with E-state index < -0.39 is 43.0 Å². The van der Waals surface area contributed by atoms with Crippen molar-refractivity contribution < 1.29 is 28.8 Å². The van der Waals surface area contributed by atoms with Gasteiger partial charge in [-0.1, -0.05) is 50.2 Å². The van der Waals surface area contributed by atoms with Crippen LogP contribution in [0.3, 0.4) is 0 Å². The summed E-state index contributed by atoms with van der Waals surface area (Å²) in [5.41, 5.74) is 1.56. The SMILES string of the molecule is CC(C)C[C@H](NC(=O)[C@@H](NC(=O)c1cccc(-c2ccccc2)n1)[C@@H](C)O)B1OCCNCC(=O)O1. The lowest BCUT2D eigenvalue weighted by Crippen LogP contribution is -2.59. The van der Waals surface area contributed by atoms with Crippen LogP contribution in [0, 0.1) is 5.92 Å². The van der Waals surface area contributed by atoms with Gasteiger partial charge in [-0.3, -0.25) is 14.4 Å². The fourth-order valence-electron chi connectivity index (χ4n) is 3.81. The molecule has 1 aromatic carbocycles. The molecule has 1 aromatic heterocycles. The van der Waals surface area contributed by atoms with Crippen LogP contribution in [0.15, 0.2) is 48.5 Å². The van der Waals surface area contributed by atoms with Crippen molar-refractivity contribution in [2.75, 3.05) is 19.7 Å². The van der Waals surface area contributed by atoms with Crippen LogP contribution in [0.1, 0.15) is 37.7 Å². The van der Waals surface area contributed by atoms with Gasteiger partial charge in [0.15, 0.2) is 0 Å². The zero-order valence-corrected chi connectivity index (χ0v) is 20.8. The van der Waals surface area contributed by atoms with Gasteiger partial charge in [0, 0.05) is 18.7 Å². The smallest absolute Gasteiger partial charge is 0.507 e. The molecule has 3 atom stereocenters. The first kappa shape index (κ1) is 27.3. The third-order valence-electron chi connectivity index (χ3n) is 5.56. The maximum absolute atomic E-state index is 13.2. The maximum Gasteiger partial charge on any atom is 0.551 e. The Kier molecular flexibility index (Phi) is 9.98. The molecule has 0 unspecified atom stereocenters. The number of carbonyl (C=O) groups excluding carboxylic acids is 3. The largest absolute Gasteiger partial charge is 0.551 e. The number of amides is 2. The molecule has 2 heterocycles. The van der Waals surface area contributed by atoms with Crippen molar-refractivity contribution in [2.45, 2.75) is 45.3 Å². The molecule has 0 spiro atoms. The van der Waals surface area contributed by atoms with Gasteiger partial charge in [0.05, 0.1) is 24.3 Å². The number of benzene rings is 1. The first-order chi connectivity index (χ1) is 17.2. The lowest BCUT2D eigenvalue weighted by atomic mass is 9.73. The number of carbonyl (C=O) groups is 3. The average molecular weight is 496 g/mol. The Morgan fingerprint density at radius 2 is 1.86 bits per heavy atom. The number of aliphatic hydroxyl groups is 1. The van der Waals surface area contributed by atoms with E-state index in [9.17, 15) is 19.5 Å². The Morgan fingerprint density at radius 3 is 2.56 bits per heavy atom. The fourth-order valence-corrected chi connectivity index (χ4v) is 3.81. The van der Waals surface area contributed by atoms with Gasteiger partial charge in [-0.15, -0.1) is 0 Å². The average Bonchev–Trinajstić information content (AvgIpc) is 2.84. The highest BCUT2D eigenvalue weighted by atomic mass is 16.6. The summed E-state index contributed by atoms with van der Waals surface area (Å²) in [6, 6.07) is 13.2. The molecule has 0 aliphatic carbocycles. The highest BCUT2D eigenvalue weighted by molar-refractivity contribution is 6.49. The van der Waals surface area contributed by atoms with Crippen molar-refractivity contribution in [3.8, 4) is 11.3 Å². The second kappa shape index (κ2) is 13.1. The fraction of sp³-hybridized carbons (Fsp3) is 0.440. The number of rotatable bonds is 9. The lowest BCUT2D eigenvalue weighted by Gasteiger charge is -2.29. The minimum absolute atomic E-state index is 0.0452. The van der Waals surface area contributed by atoms with Gasteiger partial charge in [0.2, 0.25) is 5.91 Å². The topological polar surface area (TPSA) is 139 Å². The molecule has 3 rings (SSSR count). The first-order valence-electron chi connectivity index (χ1n) is 12.1. The molecule has 2 amide bonds. The number of pyridine rings is 1. The molecule has 1 fully saturated rings. The van der Waals surface area contributed by atoms with Crippen molar-refractivity contribution in [1.82, 2.24) is 20.9 Å². The molecule has 1 aliphatic heterocycles. The summed E-state index contributed by atoms with van der Waals surface area (Å²) in [5, 5.41) is 18.6. The van der Waals surface area contributed by atoms with Crippen molar-refractivity contribution in [2.24, 2.45) is 5.92 Å². The standard InChI is InChI=1S/C25H33BN4O6/c1-16(2)14-21(26-35-13-12-27-15-22(32)36-26)29-25(34)23(17(3)31)30-24(33)20-11-7-10-19(28-20)18-8-5-4-6-9-18/h4-11,16-17,21,23,27,31H,12-15H2,1-3H3,(H,29,34)(H,30,33)/t17-,21+,23+/m1/s1. The van der Waals surface area contributed by atoms with E-state index in [1.807, 2.05) is 44.2 Å². The summed E-state index contributed by atoms with van der Waals surface area (Å²) in [5.74, 6) is -2.24. The van der Waals surface area contributed by atoms with Crippen molar-refractivity contribution in [1.29, 1.82) is 0 Å². The predicted octanol–water partition coefficient (Wildman–Crippen LogP) is 0.949. The van der Waals surface area contributed by atoms with Crippen molar-refractivity contribution in [3.05, 3.63) is 54.2 Å². The van der Waals surface area contributed by atoms with Crippen LogP contribution in [0.4, 0.5) is 0 Å². The lowest BCUT2D eigenvalue weighted by molar-refractivity contribution is -0.136. The number of nitrogens with zero attached hydrogens (tertiary/aromatic N) is 1. The zero-order valence-electron chi connectivity index (χ0n) is 20.8. The summed E-state index contributed by atoms with van der Waals surface area (Å²) < 4.78 is 11.1. The monoisotopic (exact) mass is 496 g/mol. The van der Waals surface area contributed by atoms with Crippen molar-refractivity contribution in [3.63, 3.8) is 0 Å². The summed E-state index contributed by atoms with van der Waals surface area (Å²) in [4.78, 5) is 42.6. The predicted molar refractivity (Wildman–Crippen MR) is 135 cm³/mol. The molecule has 0 radical (unpaired) electrons. The van der Waals surface area contributed by atoms with Gasteiger partial charge in [-0.2, -0.15) is 0 Å². The molecule has 36 heavy (non-hydrogen) atoms. The number of hydrogen-bond donors (Lipinski definition) is 4. The molecule has 2 aromatic rings.